The van der Waals surface area contributed by atoms with Crippen molar-refractivity contribution in [3.05, 3.63) is 30.6 Å². The maximum atomic E-state index is 12.4. The predicted molar refractivity (Wildman–Crippen MR) is 79.9 cm³/mol. The van der Waals surface area contributed by atoms with Gasteiger partial charge in [0.1, 0.15) is 6.33 Å². The predicted octanol–water partition coefficient (Wildman–Crippen LogP) is 1.37. The van der Waals surface area contributed by atoms with Crippen molar-refractivity contribution < 1.29 is 4.79 Å². The topological polar surface area (TPSA) is 98.7 Å². The van der Waals surface area contributed by atoms with E-state index in [9.17, 15) is 4.79 Å². The van der Waals surface area contributed by atoms with Crippen molar-refractivity contribution in [3.8, 4) is 5.69 Å². The first-order valence-corrected chi connectivity index (χ1v) is 7.00. The van der Waals surface area contributed by atoms with Gasteiger partial charge in [-0.3, -0.25) is 4.79 Å². The van der Waals surface area contributed by atoms with Gasteiger partial charge in [-0.2, -0.15) is 0 Å². The second-order valence-electron chi connectivity index (χ2n) is 4.95. The summed E-state index contributed by atoms with van der Waals surface area (Å²) in [6.45, 7) is 4.31. The smallest absolute Gasteiger partial charge is 0.231 e. The molecular weight excluding hydrogens is 268 g/mol. The number of aromatic nitrogens is 4. The van der Waals surface area contributed by atoms with Gasteiger partial charge in [0.15, 0.2) is 0 Å². The fourth-order valence-corrected chi connectivity index (χ4v) is 2.19. The standard InChI is InChI=1S/C14H20N6O/c1-3-14(4-2,9-15)13(21)17-11-5-7-12(8-6-11)20-10-16-18-19-20/h5-8,10H,3-4,9,15H2,1-2H3,(H,17,21). The second-order valence-corrected chi connectivity index (χ2v) is 4.95. The van der Waals surface area contributed by atoms with Crippen LogP contribution in [0.3, 0.4) is 0 Å². The molecule has 7 nitrogen and oxygen atoms in total. The molecule has 1 amide bonds. The summed E-state index contributed by atoms with van der Waals surface area (Å²) < 4.78 is 1.55. The molecule has 3 N–H and O–H groups in total. The Bertz CT molecular complexity index is 566. The van der Waals surface area contributed by atoms with Crippen LogP contribution in [0.2, 0.25) is 0 Å². The summed E-state index contributed by atoms with van der Waals surface area (Å²) in [4.78, 5) is 12.4. The van der Waals surface area contributed by atoms with Crippen LogP contribution in [0.15, 0.2) is 30.6 Å². The number of carbonyl (C=O) groups excluding carboxylic acids is 1. The number of rotatable bonds is 6. The van der Waals surface area contributed by atoms with Crippen LogP contribution in [0, 0.1) is 5.41 Å². The Hall–Kier alpha value is -2.28. The molecule has 1 aromatic carbocycles. The Morgan fingerprint density at radius 1 is 1.29 bits per heavy atom. The molecule has 2 aromatic rings. The number of anilines is 1. The van der Waals surface area contributed by atoms with Crippen molar-refractivity contribution in [2.75, 3.05) is 11.9 Å². The monoisotopic (exact) mass is 288 g/mol. The molecule has 0 fully saturated rings. The number of benzene rings is 1. The maximum absolute atomic E-state index is 12.4. The zero-order valence-electron chi connectivity index (χ0n) is 12.3. The molecule has 7 heteroatoms. The summed E-state index contributed by atoms with van der Waals surface area (Å²) in [6, 6.07) is 7.32. The SMILES string of the molecule is CCC(CC)(CN)C(=O)Nc1ccc(-n2cnnn2)cc1. The minimum Gasteiger partial charge on any atom is -0.329 e. The number of tetrazole rings is 1. The molecule has 1 heterocycles. The molecule has 0 saturated heterocycles. The molecule has 0 aliphatic rings. The number of nitrogens with one attached hydrogen (secondary N) is 1. The molecule has 0 bridgehead atoms. The van der Waals surface area contributed by atoms with Gasteiger partial charge in [0.2, 0.25) is 5.91 Å². The van der Waals surface area contributed by atoms with E-state index in [4.69, 9.17) is 5.73 Å². The lowest BCUT2D eigenvalue weighted by Gasteiger charge is -2.28. The molecule has 21 heavy (non-hydrogen) atoms. The summed E-state index contributed by atoms with van der Waals surface area (Å²) in [5.74, 6) is -0.0369. The highest BCUT2D eigenvalue weighted by atomic mass is 16.2. The fourth-order valence-electron chi connectivity index (χ4n) is 2.19. The molecule has 112 valence electrons. The Morgan fingerprint density at radius 2 is 1.95 bits per heavy atom. The molecule has 0 saturated carbocycles. The third-order valence-corrected chi connectivity index (χ3v) is 3.96. The van der Waals surface area contributed by atoms with E-state index in [1.807, 2.05) is 38.1 Å². The largest absolute Gasteiger partial charge is 0.329 e. The highest BCUT2D eigenvalue weighted by molar-refractivity contribution is 5.95. The van der Waals surface area contributed by atoms with Crippen LogP contribution in [-0.4, -0.2) is 32.7 Å². The number of nitrogens with two attached hydrogens (primary N) is 1. The van der Waals surface area contributed by atoms with E-state index in [1.54, 1.807) is 4.68 Å². The Labute approximate surface area is 123 Å². The van der Waals surface area contributed by atoms with Crippen LogP contribution in [0.4, 0.5) is 5.69 Å². The van der Waals surface area contributed by atoms with Crippen molar-refractivity contribution in [3.63, 3.8) is 0 Å². The van der Waals surface area contributed by atoms with E-state index in [-0.39, 0.29) is 5.91 Å². The first-order valence-electron chi connectivity index (χ1n) is 7.00. The average molecular weight is 288 g/mol. The summed E-state index contributed by atoms with van der Waals surface area (Å²) in [5, 5.41) is 13.9. The first-order chi connectivity index (χ1) is 10.1. The third-order valence-electron chi connectivity index (χ3n) is 3.96. The molecule has 0 spiro atoms. The minimum atomic E-state index is -0.505. The van der Waals surface area contributed by atoms with Gasteiger partial charge in [0, 0.05) is 12.2 Å². The maximum Gasteiger partial charge on any atom is 0.231 e. The van der Waals surface area contributed by atoms with Crippen molar-refractivity contribution in [1.82, 2.24) is 20.2 Å². The molecule has 0 aliphatic carbocycles. The fraction of sp³-hybridized carbons (Fsp3) is 0.429. The summed E-state index contributed by atoms with van der Waals surface area (Å²) in [7, 11) is 0. The van der Waals surface area contributed by atoms with E-state index in [0.717, 1.165) is 11.4 Å². The third kappa shape index (κ3) is 3.08. The zero-order chi connectivity index (χ0) is 15.3. The zero-order valence-corrected chi connectivity index (χ0v) is 12.3. The van der Waals surface area contributed by atoms with Gasteiger partial charge < -0.3 is 11.1 Å². The first kappa shape index (κ1) is 15.1. The molecule has 1 aromatic heterocycles. The number of nitrogens with zero attached hydrogens (tertiary/aromatic N) is 4. The number of hydrogen-bond donors (Lipinski definition) is 2. The molecule has 0 atom stereocenters. The Morgan fingerprint density at radius 3 is 2.43 bits per heavy atom. The summed E-state index contributed by atoms with van der Waals surface area (Å²) >= 11 is 0. The van der Waals surface area contributed by atoms with Crippen molar-refractivity contribution in [2.45, 2.75) is 26.7 Å². The van der Waals surface area contributed by atoms with Gasteiger partial charge in [0.05, 0.1) is 11.1 Å². The second kappa shape index (κ2) is 6.45. The lowest BCUT2D eigenvalue weighted by molar-refractivity contribution is -0.125. The van der Waals surface area contributed by atoms with Crippen LogP contribution < -0.4 is 11.1 Å². The van der Waals surface area contributed by atoms with Gasteiger partial charge in [-0.15, -0.1) is 5.10 Å². The van der Waals surface area contributed by atoms with Gasteiger partial charge in [-0.1, -0.05) is 13.8 Å². The van der Waals surface area contributed by atoms with Gasteiger partial charge in [0.25, 0.3) is 0 Å². The average Bonchev–Trinajstić information content (AvgIpc) is 3.05. The van der Waals surface area contributed by atoms with Crippen LogP contribution in [0.25, 0.3) is 5.69 Å². The molecule has 0 unspecified atom stereocenters. The van der Waals surface area contributed by atoms with Crippen LogP contribution in [-0.2, 0) is 4.79 Å². The minimum absolute atomic E-state index is 0.0369. The lowest BCUT2D eigenvalue weighted by atomic mass is 9.81. The number of hydrogen-bond acceptors (Lipinski definition) is 5. The molecular formula is C14H20N6O. The van der Waals surface area contributed by atoms with Gasteiger partial charge in [-0.05, 0) is 47.5 Å². The highest BCUT2D eigenvalue weighted by Gasteiger charge is 2.33. The van der Waals surface area contributed by atoms with E-state index in [0.29, 0.717) is 19.4 Å². The van der Waals surface area contributed by atoms with Crippen LogP contribution in [0.1, 0.15) is 26.7 Å². The van der Waals surface area contributed by atoms with Gasteiger partial charge >= 0.3 is 0 Å². The highest BCUT2D eigenvalue weighted by Crippen LogP contribution is 2.27. The Balaban J connectivity index is 2.11. The van der Waals surface area contributed by atoms with E-state index in [1.165, 1.54) is 6.33 Å². The summed E-state index contributed by atoms with van der Waals surface area (Å²) in [6.07, 6.45) is 2.95. The van der Waals surface area contributed by atoms with Crippen LogP contribution >= 0.6 is 0 Å². The van der Waals surface area contributed by atoms with E-state index < -0.39 is 5.41 Å². The van der Waals surface area contributed by atoms with Crippen LogP contribution in [0.5, 0.6) is 0 Å². The normalized spacial score (nSPS) is 11.4. The van der Waals surface area contributed by atoms with E-state index >= 15 is 0 Å². The molecule has 2 rings (SSSR count). The number of amides is 1. The van der Waals surface area contributed by atoms with Crippen molar-refractivity contribution in [2.24, 2.45) is 11.1 Å². The Kier molecular flexibility index (Phi) is 4.64. The van der Waals surface area contributed by atoms with E-state index in [2.05, 4.69) is 20.8 Å². The lowest BCUT2D eigenvalue weighted by Crippen LogP contribution is -2.41. The molecule has 0 aliphatic heterocycles. The number of carbonyl (C=O) groups is 1. The van der Waals surface area contributed by atoms with Crippen molar-refractivity contribution >= 4 is 11.6 Å². The summed E-state index contributed by atoms with van der Waals surface area (Å²) in [5.41, 5.74) is 6.84. The molecule has 0 radical (unpaired) electrons. The quantitative estimate of drug-likeness (QED) is 0.836. The van der Waals surface area contributed by atoms with Gasteiger partial charge in [-0.25, -0.2) is 4.68 Å². The van der Waals surface area contributed by atoms with Crippen molar-refractivity contribution in [1.29, 1.82) is 0 Å².